The molecular weight excluding hydrogens is 292 g/mol. The minimum atomic E-state index is -3.33. The van der Waals surface area contributed by atoms with E-state index >= 15 is 0 Å². The Labute approximate surface area is 126 Å². The van der Waals surface area contributed by atoms with E-state index in [9.17, 15) is 8.42 Å². The van der Waals surface area contributed by atoms with Crippen LogP contribution in [0.2, 0.25) is 0 Å². The molecule has 0 amide bonds. The number of anilines is 1. The SMILES string of the molecule is CN(C)S(=O)(=O)c1ccc(NCC2CCCCS2)cc1. The summed E-state index contributed by atoms with van der Waals surface area (Å²) in [5, 5.41) is 4.07. The van der Waals surface area contributed by atoms with E-state index in [0.717, 1.165) is 12.2 Å². The number of rotatable bonds is 5. The number of sulfonamides is 1. The first-order chi connectivity index (χ1) is 9.50. The monoisotopic (exact) mass is 314 g/mol. The number of hydrogen-bond acceptors (Lipinski definition) is 4. The Morgan fingerprint density at radius 3 is 2.50 bits per heavy atom. The number of thioether (sulfide) groups is 1. The number of hydrogen-bond donors (Lipinski definition) is 1. The molecule has 0 aliphatic carbocycles. The van der Waals surface area contributed by atoms with Crippen LogP contribution in [-0.4, -0.2) is 44.4 Å². The summed E-state index contributed by atoms with van der Waals surface area (Å²) in [4.78, 5) is 0.333. The predicted molar refractivity (Wildman–Crippen MR) is 85.9 cm³/mol. The summed E-state index contributed by atoms with van der Waals surface area (Å²) in [5.41, 5.74) is 0.980. The van der Waals surface area contributed by atoms with Gasteiger partial charge in [-0.1, -0.05) is 6.42 Å². The molecule has 1 aromatic rings. The molecule has 1 aliphatic rings. The molecule has 1 atom stereocenters. The van der Waals surface area contributed by atoms with Gasteiger partial charge in [-0.15, -0.1) is 0 Å². The van der Waals surface area contributed by atoms with Gasteiger partial charge in [0.15, 0.2) is 0 Å². The van der Waals surface area contributed by atoms with Crippen LogP contribution in [0.5, 0.6) is 0 Å². The lowest BCUT2D eigenvalue weighted by atomic mass is 10.2. The fourth-order valence-corrected chi connectivity index (χ4v) is 4.30. The molecule has 1 saturated heterocycles. The first-order valence-corrected chi connectivity index (χ1v) is 9.37. The highest BCUT2D eigenvalue weighted by Gasteiger charge is 2.17. The third-order valence-corrected chi connectivity index (χ3v) is 6.67. The van der Waals surface area contributed by atoms with Crippen molar-refractivity contribution in [2.24, 2.45) is 0 Å². The van der Waals surface area contributed by atoms with Gasteiger partial charge in [-0.25, -0.2) is 12.7 Å². The van der Waals surface area contributed by atoms with E-state index in [1.807, 2.05) is 23.9 Å². The molecule has 1 aliphatic heterocycles. The maximum Gasteiger partial charge on any atom is 0.242 e. The first-order valence-electron chi connectivity index (χ1n) is 6.88. The van der Waals surface area contributed by atoms with Crippen LogP contribution in [0.25, 0.3) is 0 Å². The van der Waals surface area contributed by atoms with Crippen LogP contribution >= 0.6 is 11.8 Å². The topological polar surface area (TPSA) is 49.4 Å². The molecule has 112 valence electrons. The molecule has 1 N–H and O–H groups in total. The van der Waals surface area contributed by atoms with Gasteiger partial charge in [0.05, 0.1) is 4.90 Å². The summed E-state index contributed by atoms with van der Waals surface area (Å²) in [6.07, 6.45) is 3.92. The molecule has 0 bridgehead atoms. The Kier molecular flexibility index (Phi) is 5.35. The van der Waals surface area contributed by atoms with E-state index in [-0.39, 0.29) is 0 Å². The van der Waals surface area contributed by atoms with Gasteiger partial charge < -0.3 is 5.32 Å². The maximum absolute atomic E-state index is 12.0. The quantitative estimate of drug-likeness (QED) is 0.908. The molecule has 0 spiro atoms. The zero-order valence-corrected chi connectivity index (χ0v) is 13.6. The second kappa shape index (κ2) is 6.83. The number of nitrogens with one attached hydrogen (secondary N) is 1. The number of nitrogens with zero attached hydrogens (tertiary/aromatic N) is 1. The molecule has 4 nitrogen and oxygen atoms in total. The average molecular weight is 314 g/mol. The van der Waals surface area contributed by atoms with E-state index in [0.29, 0.717) is 10.1 Å². The highest BCUT2D eigenvalue weighted by molar-refractivity contribution is 7.99. The largest absolute Gasteiger partial charge is 0.384 e. The summed E-state index contributed by atoms with van der Waals surface area (Å²) in [6.45, 7) is 0.949. The van der Waals surface area contributed by atoms with Gasteiger partial charge in [0.25, 0.3) is 0 Å². The number of benzene rings is 1. The maximum atomic E-state index is 12.0. The first kappa shape index (κ1) is 15.7. The van der Waals surface area contributed by atoms with E-state index in [2.05, 4.69) is 5.32 Å². The summed E-state index contributed by atoms with van der Waals surface area (Å²) in [7, 11) is -0.241. The lowest BCUT2D eigenvalue weighted by Gasteiger charge is -2.22. The highest BCUT2D eigenvalue weighted by Crippen LogP contribution is 2.25. The summed E-state index contributed by atoms with van der Waals surface area (Å²) >= 11 is 2.03. The molecule has 1 aromatic carbocycles. The minimum Gasteiger partial charge on any atom is -0.384 e. The molecular formula is C14H22N2O2S2. The van der Waals surface area contributed by atoms with Crippen molar-refractivity contribution in [1.82, 2.24) is 4.31 Å². The van der Waals surface area contributed by atoms with Crippen molar-refractivity contribution in [2.75, 3.05) is 31.7 Å². The molecule has 2 rings (SSSR count). The Bertz CT molecular complexity index is 521. The van der Waals surface area contributed by atoms with Gasteiger partial charge in [0, 0.05) is 31.6 Å². The predicted octanol–water partition coefficient (Wildman–Crippen LogP) is 2.63. The van der Waals surface area contributed by atoms with Crippen molar-refractivity contribution in [1.29, 1.82) is 0 Å². The Morgan fingerprint density at radius 1 is 1.25 bits per heavy atom. The van der Waals surface area contributed by atoms with Crippen LogP contribution in [0.3, 0.4) is 0 Å². The lowest BCUT2D eigenvalue weighted by molar-refractivity contribution is 0.521. The minimum absolute atomic E-state index is 0.333. The Balaban J connectivity index is 1.94. The third-order valence-electron chi connectivity index (χ3n) is 3.44. The summed E-state index contributed by atoms with van der Waals surface area (Å²) in [5.74, 6) is 1.26. The zero-order chi connectivity index (χ0) is 14.6. The molecule has 1 fully saturated rings. The van der Waals surface area contributed by atoms with Crippen LogP contribution in [0.1, 0.15) is 19.3 Å². The van der Waals surface area contributed by atoms with Crippen molar-refractivity contribution >= 4 is 27.5 Å². The fourth-order valence-electron chi connectivity index (χ4n) is 2.16. The third kappa shape index (κ3) is 3.90. The van der Waals surface area contributed by atoms with Crippen molar-refractivity contribution in [3.63, 3.8) is 0 Å². The highest BCUT2D eigenvalue weighted by atomic mass is 32.2. The fraction of sp³-hybridized carbons (Fsp3) is 0.571. The van der Waals surface area contributed by atoms with Crippen molar-refractivity contribution < 1.29 is 8.42 Å². The van der Waals surface area contributed by atoms with Gasteiger partial charge >= 0.3 is 0 Å². The van der Waals surface area contributed by atoms with E-state index < -0.39 is 10.0 Å². The normalized spacial score (nSPS) is 20.1. The van der Waals surface area contributed by atoms with E-state index in [1.54, 1.807) is 26.2 Å². The van der Waals surface area contributed by atoms with Crippen LogP contribution < -0.4 is 5.32 Å². The molecule has 1 unspecified atom stereocenters. The second-order valence-corrected chi connectivity index (χ2v) is 8.74. The molecule has 20 heavy (non-hydrogen) atoms. The molecule has 1 heterocycles. The van der Waals surface area contributed by atoms with E-state index in [1.165, 1.54) is 29.3 Å². The molecule has 0 saturated carbocycles. The van der Waals surface area contributed by atoms with Gasteiger partial charge in [-0.05, 0) is 42.9 Å². The van der Waals surface area contributed by atoms with E-state index in [4.69, 9.17) is 0 Å². The Morgan fingerprint density at radius 2 is 1.95 bits per heavy atom. The van der Waals surface area contributed by atoms with Crippen LogP contribution in [0.15, 0.2) is 29.2 Å². The average Bonchev–Trinajstić information content (AvgIpc) is 2.46. The second-order valence-electron chi connectivity index (χ2n) is 5.18. The van der Waals surface area contributed by atoms with Gasteiger partial charge in [-0.3, -0.25) is 0 Å². The van der Waals surface area contributed by atoms with Crippen LogP contribution in [-0.2, 0) is 10.0 Å². The zero-order valence-electron chi connectivity index (χ0n) is 12.0. The Hall–Kier alpha value is -0.720. The standard InChI is InChI=1S/C14H22N2O2S2/c1-16(2)20(17,18)14-8-6-12(7-9-14)15-11-13-5-3-4-10-19-13/h6-9,13,15H,3-5,10-11H2,1-2H3. The van der Waals surface area contributed by atoms with Gasteiger partial charge in [0.1, 0.15) is 0 Å². The van der Waals surface area contributed by atoms with Crippen LogP contribution in [0.4, 0.5) is 5.69 Å². The summed E-state index contributed by atoms with van der Waals surface area (Å²) < 4.78 is 25.1. The van der Waals surface area contributed by atoms with Crippen molar-refractivity contribution in [2.45, 2.75) is 29.4 Å². The molecule has 6 heteroatoms. The molecule has 0 aromatic heterocycles. The van der Waals surface area contributed by atoms with Crippen LogP contribution in [0, 0.1) is 0 Å². The van der Waals surface area contributed by atoms with Gasteiger partial charge in [-0.2, -0.15) is 11.8 Å². The smallest absolute Gasteiger partial charge is 0.242 e. The van der Waals surface area contributed by atoms with Gasteiger partial charge in [0.2, 0.25) is 10.0 Å². The van der Waals surface area contributed by atoms with Crippen molar-refractivity contribution in [3.8, 4) is 0 Å². The van der Waals surface area contributed by atoms with Crippen molar-refractivity contribution in [3.05, 3.63) is 24.3 Å². The lowest BCUT2D eigenvalue weighted by Crippen LogP contribution is -2.22. The summed E-state index contributed by atoms with van der Waals surface area (Å²) in [6, 6.07) is 6.99. The molecule has 0 radical (unpaired) electrons.